The van der Waals surface area contributed by atoms with Gasteiger partial charge in [0.15, 0.2) is 12.6 Å². The fraction of sp³-hybridized carbons (Fsp3) is 0.667. The number of hydrogen-bond donors (Lipinski definition) is 0. The number of aryl methyl sites for hydroxylation is 1. The predicted octanol–water partition coefficient (Wildman–Crippen LogP) is 2.78. The third-order valence-corrected chi connectivity index (χ3v) is 3.19. The van der Waals surface area contributed by atoms with Crippen LogP contribution in [0.2, 0.25) is 0 Å². The molecular formula is C18H30O6. The fourth-order valence-electron chi connectivity index (χ4n) is 1.78. The highest BCUT2D eigenvalue weighted by atomic mass is 16.7. The summed E-state index contributed by atoms with van der Waals surface area (Å²) in [6, 6.07) is 7.87. The maximum Gasteiger partial charge on any atom is 0.197 e. The second-order valence-corrected chi connectivity index (χ2v) is 5.27. The number of ether oxygens (including phenoxy) is 6. The summed E-state index contributed by atoms with van der Waals surface area (Å²) in [7, 11) is 1.61. The summed E-state index contributed by atoms with van der Waals surface area (Å²) in [5.41, 5.74) is 1.20. The molecule has 2 unspecified atom stereocenters. The van der Waals surface area contributed by atoms with Crippen LogP contribution in [0.3, 0.4) is 0 Å². The van der Waals surface area contributed by atoms with E-state index in [4.69, 9.17) is 28.4 Å². The molecule has 0 saturated heterocycles. The minimum absolute atomic E-state index is 0.203. The van der Waals surface area contributed by atoms with Crippen molar-refractivity contribution in [2.24, 2.45) is 0 Å². The van der Waals surface area contributed by atoms with E-state index in [-0.39, 0.29) is 12.6 Å². The lowest BCUT2D eigenvalue weighted by Crippen LogP contribution is -2.20. The molecule has 0 N–H and O–H groups in total. The second-order valence-electron chi connectivity index (χ2n) is 5.27. The lowest BCUT2D eigenvalue weighted by atomic mass is 10.2. The molecular weight excluding hydrogens is 312 g/mol. The summed E-state index contributed by atoms with van der Waals surface area (Å²) in [5.74, 6) is 0.799. The molecule has 6 heteroatoms. The second kappa shape index (κ2) is 13.1. The molecule has 1 aromatic carbocycles. The number of benzene rings is 1. The van der Waals surface area contributed by atoms with Crippen molar-refractivity contribution in [1.29, 1.82) is 0 Å². The normalized spacial score (nSPS) is 13.7. The van der Waals surface area contributed by atoms with Crippen LogP contribution in [0.4, 0.5) is 0 Å². The molecule has 2 atom stereocenters. The van der Waals surface area contributed by atoms with E-state index < -0.39 is 0 Å². The number of hydrogen-bond acceptors (Lipinski definition) is 6. The van der Waals surface area contributed by atoms with E-state index in [1.807, 2.05) is 45.0 Å². The molecule has 0 aliphatic carbocycles. The fourth-order valence-corrected chi connectivity index (χ4v) is 1.78. The van der Waals surface area contributed by atoms with Crippen LogP contribution in [0.25, 0.3) is 0 Å². The molecule has 0 radical (unpaired) electrons. The Kier molecular flexibility index (Phi) is 11.4. The molecule has 0 aliphatic heterocycles. The van der Waals surface area contributed by atoms with E-state index in [0.717, 1.165) is 5.75 Å². The molecule has 0 heterocycles. The summed E-state index contributed by atoms with van der Waals surface area (Å²) >= 11 is 0. The molecule has 0 amide bonds. The number of rotatable bonds is 14. The van der Waals surface area contributed by atoms with Gasteiger partial charge in [-0.3, -0.25) is 0 Å². The summed E-state index contributed by atoms with van der Waals surface area (Å²) in [6.45, 7) is 8.80. The maximum absolute atomic E-state index is 5.64. The first kappa shape index (κ1) is 20.9. The summed E-state index contributed by atoms with van der Waals surface area (Å²) in [6.07, 6.45) is -0.515. The van der Waals surface area contributed by atoms with Crippen LogP contribution in [-0.4, -0.2) is 59.3 Å². The molecule has 0 saturated carbocycles. The highest BCUT2D eigenvalue weighted by molar-refractivity contribution is 5.26. The Morgan fingerprint density at radius 3 is 1.79 bits per heavy atom. The van der Waals surface area contributed by atoms with Gasteiger partial charge in [0, 0.05) is 7.11 Å². The van der Waals surface area contributed by atoms with Gasteiger partial charge in [-0.05, 0) is 32.9 Å². The van der Waals surface area contributed by atoms with Gasteiger partial charge in [-0.1, -0.05) is 17.7 Å². The third-order valence-electron chi connectivity index (χ3n) is 3.19. The summed E-state index contributed by atoms with van der Waals surface area (Å²) in [4.78, 5) is 0. The molecule has 138 valence electrons. The van der Waals surface area contributed by atoms with E-state index in [1.165, 1.54) is 5.56 Å². The van der Waals surface area contributed by atoms with Crippen LogP contribution in [0.15, 0.2) is 24.3 Å². The van der Waals surface area contributed by atoms with Crippen LogP contribution < -0.4 is 4.74 Å². The highest BCUT2D eigenvalue weighted by Crippen LogP contribution is 2.13. The first-order valence-electron chi connectivity index (χ1n) is 8.26. The van der Waals surface area contributed by atoms with Gasteiger partial charge in [-0.2, -0.15) is 0 Å². The van der Waals surface area contributed by atoms with Gasteiger partial charge in [0.05, 0.1) is 39.6 Å². The Hall–Kier alpha value is -1.18. The summed E-state index contributed by atoms with van der Waals surface area (Å²) in [5, 5.41) is 0. The molecule has 1 rings (SSSR count). The Bertz CT molecular complexity index is 408. The Labute approximate surface area is 144 Å². The van der Waals surface area contributed by atoms with Crippen molar-refractivity contribution in [2.75, 3.05) is 46.8 Å². The van der Waals surface area contributed by atoms with Crippen LogP contribution >= 0.6 is 0 Å². The third kappa shape index (κ3) is 10.6. The van der Waals surface area contributed by atoms with Crippen molar-refractivity contribution < 1.29 is 28.4 Å². The van der Waals surface area contributed by atoms with Crippen LogP contribution in [0.1, 0.15) is 19.4 Å². The van der Waals surface area contributed by atoms with Crippen molar-refractivity contribution >= 4 is 0 Å². The quantitative estimate of drug-likeness (QED) is 0.383. The van der Waals surface area contributed by atoms with Gasteiger partial charge < -0.3 is 28.4 Å². The van der Waals surface area contributed by atoms with Gasteiger partial charge in [0.25, 0.3) is 0 Å². The lowest BCUT2D eigenvalue weighted by Gasteiger charge is -2.15. The molecule has 0 bridgehead atoms. The average Bonchev–Trinajstić information content (AvgIpc) is 2.58. The predicted molar refractivity (Wildman–Crippen MR) is 91.3 cm³/mol. The minimum atomic E-state index is -0.313. The molecule has 0 spiro atoms. The van der Waals surface area contributed by atoms with Gasteiger partial charge in [0.1, 0.15) is 5.75 Å². The zero-order valence-electron chi connectivity index (χ0n) is 15.2. The monoisotopic (exact) mass is 342 g/mol. The van der Waals surface area contributed by atoms with Gasteiger partial charge in [-0.25, -0.2) is 0 Å². The van der Waals surface area contributed by atoms with Crippen LogP contribution in [0.5, 0.6) is 5.75 Å². The largest absolute Gasteiger partial charge is 0.465 e. The van der Waals surface area contributed by atoms with E-state index in [9.17, 15) is 0 Å². The Morgan fingerprint density at radius 1 is 0.750 bits per heavy atom. The van der Waals surface area contributed by atoms with Crippen molar-refractivity contribution in [3.63, 3.8) is 0 Å². The zero-order chi connectivity index (χ0) is 17.6. The zero-order valence-corrected chi connectivity index (χ0v) is 15.2. The van der Waals surface area contributed by atoms with Crippen molar-refractivity contribution in [2.45, 2.75) is 33.4 Å². The molecule has 0 aliphatic rings. The first-order chi connectivity index (χ1) is 11.6. The number of methoxy groups -OCH3 is 1. The Balaban J connectivity index is 1.90. The van der Waals surface area contributed by atoms with E-state index in [1.54, 1.807) is 7.11 Å². The topological polar surface area (TPSA) is 55.4 Å². The standard InChI is InChI=1S/C18H30O6/c1-15-5-7-18(8-6-15)24-17(3)23-14-12-21-10-9-20-11-13-22-16(2)19-4/h5-8,16-17H,9-14H2,1-4H3. The van der Waals surface area contributed by atoms with Gasteiger partial charge in [-0.15, -0.1) is 0 Å². The van der Waals surface area contributed by atoms with Gasteiger partial charge >= 0.3 is 0 Å². The maximum atomic E-state index is 5.64. The van der Waals surface area contributed by atoms with Crippen molar-refractivity contribution in [3.8, 4) is 5.75 Å². The first-order valence-corrected chi connectivity index (χ1v) is 8.26. The Morgan fingerprint density at radius 2 is 1.25 bits per heavy atom. The molecule has 24 heavy (non-hydrogen) atoms. The molecule has 1 aromatic rings. The van der Waals surface area contributed by atoms with Crippen LogP contribution in [-0.2, 0) is 23.7 Å². The molecule has 0 aromatic heterocycles. The average molecular weight is 342 g/mol. The highest BCUT2D eigenvalue weighted by Gasteiger charge is 2.03. The van der Waals surface area contributed by atoms with Crippen LogP contribution in [0, 0.1) is 6.92 Å². The smallest absolute Gasteiger partial charge is 0.197 e. The minimum Gasteiger partial charge on any atom is -0.465 e. The SMILES string of the molecule is COC(C)OCCOCCOCCOC(C)Oc1ccc(C)cc1. The van der Waals surface area contributed by atoms with E-state index in [2.05, 4.69) is 0 Å². The van der Waals surface area contributed by atoms with Gasteiger partial charge in [0.2, 0.25) is 0 Å². The van der Waals surface area contributed by atoms with Crippen molar-refractivity contribution in [3.05, 3.63) is 29.8 Å². The molecule has 0 fully saturated rings. The molecule has 6 nitrogen and oxygen atoms in total. The van der Waals surface area contributed by atoms with E-state index in [0.29, 0.717) is 39.6 Å². The van der Waals surface area contributed by atoms with E-state index >= 15 is 0 Å². The van der Waals surface area contributed by atoms with Crippen molar-refractivity contribution in [1.82, 2.24) is 0 Å². The summed E-state index contributed by atoms with van der Waals surface area (Å²) < 4.78 is 32.2. The lowest BCUT2D eigenvalue weighted by molar-refractivity contribution is -0.123.